The molecule has 2 heterocycles. The van der Waals surface area contributed by atoms with Gasteiger partial charge in [-0.2, -0.15) is 0 Å². The van der Waals surface area contributed by atoms with Gasteiger partial charge in [-0.05, 0) is 37.5 Å². The van der Waals surface area contributed by atoms with E-state index in [1.165, 1.54) is 18.2 Å². The van der Waals surface area contributed by atoms with Crippen LogP contribution in [-0.2, 0) is 4.79 Å². The highest BCUT2D eigenvalue weighted by molar-refractivity contribution is 8.00. The number of amides is 1. The van der Waals surface area contributed by atoms with E-state index >= 15 is 0 Å². The number of anilines is 1. The van der Waals surface area contributed by atoms with Crippen LogP contribution in [0.1, 0.15) is 68.9 Å². The Bertz CT molecular complexity index is 857. The largest absolute Gasteiger partial charge is 0.494 e. The number of nitrogens with zero attached hydrogens (tertiary/aromatic N) is 1. The Morgan fingerprint density at radius 2 is 1.96 bits per heavy atom. The summed E-state index contributed by atoms with van der Waals surface area (Å²) in [7, 11) is 0. The van der Waals surface area contributed by atoms with E-state index in [0.717, 1.165) is 30.6 Å². The smallest absolute Gasteiger partial charge is 0.270 e. The maximum Gasteiger partial charge on any atom is 0.270 e. The highest BCUT2D eigenvalue weighted by Gasteiger charge is 2.31. The lowest BCUT2D eigenvalue weighted by Crippen LogP contribution is -2.18. The lowest BCUT2D eigenvalue weighted by Gasteiger charge is -2.16. The first-order valence-corrected chi connectivity index (χ1v) is 11.1. The first-order chi connectivity index (χ1) is 13.5. The van der Waals surface area contributed by atoms with Crippen LogP contribution in [0.4, 0.5) is 5.82 Å². The molecular weight excluding hydrogens is 374 g/mol. The van der Waals surface area contributed by atoms with Gasteiger partial charge >= 0.3 is 0 Å². The number of carbonyl (C=O) groups is 1. The van der Waals surface area contributed by atoms with E-state index in [1.54, 1.807) is 4.68 Å². The molecule has 3 rings (SSSR count). The van der Waals surface area contributed by atoms with Crippen molar-refractivity contribution >= 4 is 23.5 Å². The van der Waals surface area contributed by atoms with E-state index in [2.05, 4.69) is 24.3 Å². The van der Waals surface area contributed by atoms with E-state index in [1.807, 2.05) is 31.2 Å². The number of nitrogens with one attached hydrogen (secondary N) is 2. The van der Waals surface area contributed by atoms with Crippen molar-refractivity contribution in [1.82, 2.24) is 9.78 Å². The number of unbranched alkanes of at least 4 members (excludes halogenated alkanes) is 2. The molecule has 0 saturated heterocycles. The SMILES string of the molecule is CCCCCOc1ccc([C@H]2SCC(=O)Nc3c2c(=O)[nH]n3[C@H](C)CC)cc1. The molecular formula is C21H29N3O3S. The average Bonchev–Trinajstić information content (AvgIpc) is 2.91. The third kappa shape index (κ3) is 4.46. The van der Waals surface area contributed by atoms with Crippen molar-refractivity contribution in [3.63, 3.8) is 0 Å². The Balaban J connectivity index is 1.88. The second kappa shape index (κ2) is 9.37. The number of aromatic nitrogens is 2. The Kier molecular flexibility index (Phi) is 6.88. The number of carbonyl (C=O) groups excluding carboxylic acids is 1. The predicted octanol–water partition coefficient (Wildman–Crippen LogP) is 4.49. The lowest BCUT2D eigenvalue weighted by molar-refractivity contribution is -0.113. The summed E-state index contributed by atoms with van der Waals surface area (Å²) in [6.07, 6.45) is 4.23. The van der Waals surface area contributed by atoms with Gasteiger partial charge < -0.3 is 10.1 Å². The van der Waals surface area contributed by atoms with Crippen molar-refractivity contribution in [3.8, 4) is 5.75 Å². The highest BCUT2D eigenvalue weighted by Crippen LogP contribution is 2.40. The topological polar surface area (TPSA) is 76.1 Å². The van der Waals surface area contributed by atoms with Crippen molar-refractivity contribution in [2.75, 3.05) is 17.7 Å². The van der Waals surface area contributed by atoms with Crippen molar-refractivity contribution in [3.05, 3.63) is 45.7 Å². The zero-order valence-electron chi connectivity index (χ0n) is 16.8. The van der Waals surface area contributed by atoms with Crippen LogP contribution in [0.5, 0.6) is 5.75 Å². The number of benzene rings is 1. The first kappa shape index (κ1) is 20.6. The van der Waals surface area contributed by atoms with Crippen molar-refractivity contribution in [1.29, 1.82) is 0 Å². The third-order valence-electron chi connectivity index (χ3n) is 5.09. The number of hydrogen-bond acceptors (Lipinski definition) is 4. The molecule has 0 aliphatic carbocycles. The van der Waals surface area contributed by atoms with Gasteiger partial charge in [0.25, 0.3) is 5.56 Å². The summed E-state index contributed by atoms with van der Waals surface area (Å²) in [6.45, 7) is 6.97. The molecule has 2 N–H and O–H groups in total. The second-order valence-corrected chi connectivity index (χ2v) is 8.29. The number of hydrogen-bond donors (Lipinski definition) is 2. The molecule has 28 heavy (non-hydrogen) atoms. The molecule has 1 aliphatic rings. The van der Waals surface area contributed by atoms with Crippen LogP contribution >= 0.6 is 11.8 Å². The summed E-state index contributed by atoms with van der Waals surface area (Å²) in [5, 5.41) is 5.64. The van der Waals surface area contributed by atoms with Gasteiger partial charge in [-0.15, -0.1) is 11.8 Å². The number of aromatic amines is 1. The number of fused-ring (bicyclic) bond motifs is 1. The van der Waals surface area contributed by atoms with Crippen LogP contribution in [0.25, 0.3) is 0 Å². The predicted molar refractivity (Wildman–Crippen MR) is 114 cm³/mol. The molecule has 0 radical (unpaired) electrons. The van der Waals surface area contributed by atoms with E-state index in [4.69, 9.17) is 4.74 Å². The molecule has 0 fully saturated rings. The molecule has 7 heteroatoms. The maximum absolute atomic E-state index is 12.8. The van der Waals surface area contributed by atoms with E-state index in [9.17, 15) is 9.59 Å². The van der Waals surface area contributed by atoms with E-state index in [-0.39, 0.29) is 22.8 Å². The van der Waals surface area contributed by atoms with Gasteiger partial charge in [-0.3, -0.25) is 19.4 Å². The van der Waals surface area contributed by atoms with E-state index < -0.39 is 0 Å². The van der Waals surface area contributed by atoms with Crippen LogP contribution in [-0.4, -0.2) is 28.0 Å². The Morgan fingerprint density at radius 3 is 2.64 bits per heavy atom. The zero-order valence-corrected chi connectivity index (χ0v) is 17.6. The first-order valence-electron chi connectivity index (χ1n) is 10.0. The number of rotatable bonds is 8. The van der Waals surface area contributed by atoms with Gasteiger partial charge in [0.1, 0.15) is 11.6 Å². The number of H-pyrrole nitrogens is 1. The van der Waals surface area contributed by atoms with Gasteiger partial charge in [0.15, 0.2) is 0 Å². The molecule has 2 atom stereocenters. The summed E-state index contributed by atoms with van der Waals surface area (Å²) in [5.41, 5.74) is 1.47. The van der Waals surface area contributed by atoms with Gasteiger partial charge in [0, 0.05) is 6.04 Å². The molecule has 2 aromatic rings. The molecule has 0 saturated carbocycles. The fourth-order valence-corrected chi connectivity index (χ4v) is 4.43. The van der Waals surface area contributed by atoms with Crippen molar-refractivity contribution in [2.24, 2.45) is 0 Å². The van der Waals surface area contributed by atoms with Crippen molar-refractivity contribution in [2.45, 2.75) is 57.7 Å². The Hall–Kier alpha value is -2.15. The summed E-state index contributed by atoms with van der Waals surface area (Å²) in [4.78, 5) is 25.0. The normalized spacial score (nSPS) is 17.5. The van der Waals surface area contributed by atoms with Gasteiger partial charge in [0.2, 0.25) is 5.91 Å². The summed E-state index contributed by atoms with van der Waals surface area (Å²) in [6, 6.07) is 7.97. The summed E-state index contributed by atoms with van der Waals surface area (Å²) in [5.74, 6) is 1.66. The minimum absolute atomic E-state index is 0.0827. The molecule has 1 aromatic heterocycles. The summed E-state index contributed by atoms with van der Waals surface area (Å²) < 4.78 is 7.58. The third-order valence-corrected chi connectivity index (χ3v) is 6.36. The minimum atomic E-state index is -0.197. The van der Waals surface area contributed by atoms with Crippen LogP contribution < -0.4 is 15.6 Å². The van der Waals surface area contributed by atoms with Gasteiger partial charge in [0.05, 0.1) is 23.2 Å². The van der Waals surface area contributed by atoms with Gasteiger partial charge in [-0.25, -0.2) is 0 Å². The highest BCUT2D eigenvalue weighted by atomic mass is 32.2. The molecule has 152 valence electrons. The van der Waals surface area contributed by atoms with Gasteiger partial charge in [-0.1, -0.05) is 38.8 Å². The summed E-state index contributed by atoms with van der Waals surface area (Å²) >= 11 is 1.48. The van der Waals surface area contributed by atoms with Crippen LogP contribution in [0.3, 0.4) is 0 Å². The standard InChI is InChI=1S/C21H29N3O3S/c1-4-6-7-12-27-16-10-8-15(9-11-16)19-18-20(22-17(25)13-28-19)24(14(3)5-2)23-21(18)26/h8-11,14,19H,4-7,12-13H2,1-3H3,(H,22,25)(H,23,26)/t14-,19-/m1/s1. The lowest BCUT2D eigenvalue weighted by atomic mass is 10.1. The fraction of sp³-hybridized carbons (Fsp3) is 0.524. The molecule has 0 unspecified atom stereocenters. The Morgan fingerprint density at radius 1 is 1.21 bits per heavy atom. The average molecular weight is 404 g/mol. The van der Waals surface area contributed by atoms with Crippen LogP contribution in [0.15, 0.2) is 29.1 Å². The molecule has 1 aliphatic heterocycles. The second-order valence-electron chi connectivity index (χ2n) is 7.19. The molecule has 1 amide bonds. The Labute approximate surface area is 170 Å². The molecule has 0 bridgehead atoms. The molecule has 6 nitrogen and oxygen atoms in total. The number of thioether (sulfide) groups is 1. The van der Waals surface area contributed by atoms with Crippen molar-refractivity contribution < 1.29 is 9.53 Å². The van der Waals surface area contributed by atoms with Crippen LogP contribution in [0, 0.1) is 0 Å². The van der Waals surface area contributed by atoms with E-state index in [0.29, 0.717) is 23.7 Å². The fourth-order valence-electron chi connectivity index (χ4n) is 3.30. The zero-order chi connectivity index (χ0) is 20.1. The quantitative estimate of drug-likeness (QED) is 0.637. The van der Waals surface area contributed by atoms with Crippen LogP contribution in [0.2, 0.25) is 0 Å². The minimum Gasteiger partial charge on any atom is -0.494 e. The number of ether oxygens (including phenoxy) is 1. The maximum atomic E-state index is 12.8. The molecule has 0 spiro atoms. The monoisotopic (exact) mass is 403 g/mol. The molecule has 1 aromatic carbocycles.